The molecule has 0 atom stereocenters. The highest BCUT2D eigenvalue weighted by molar-refractivity contribution is 14.0. The maximum absolute atomic E-state index is 11.8. The Kier molecular flexibility index (Phi) is 10.3. The van der Waals surface area contributed by atoms with Crippen LogP contribution >= 0.6 is 24.0 Å². The van der Waals surface area contributed by atoms with Crippen LogP contribution in [0.5, 0.6) is 0 Å². The maximum atomic E-state index is 11.8. The van der Waals surface area contributed by atoms with E-state index in [1.54, 1.807) is 25.2 Å². The largest absolute Gasteiger partial charge is 0.356 e. The third-order valence-corrected chi connectivity index (χ3v) is 3.58. The number of guanidine groups is 1. The molecule has 0 aliphatic heterocycles. The molecule has 1 amide bonds. The van der Waals surface area contributed by atoms with Crippen molar-refractivity contribution >= 4 is 35.8 Å². The van der Waals surface area contributed by atoms with Gasteiger partial charge in [0.15, 0.2) is 5.96 Å². The summed E-state index contributed by atoms with van der Waals surface area (Å²) in [4.78, 5) is 22.1. The van der Waals surface area contributed by atoms with Crippen molar-refractivity contribution in [3.8, 4) is 0 Å². The SMILES string of the molecule is CN(C)C(=O)CNC(=NCc1ccccn1)NCCc1ccccc1.I. The average molecular weight is 467 g/mol. The lowest BCUT2D eigenvalue weighted by Crippen LogP contribution is -2.43. The van der Waals surface area contributed by atoms with E-state index >= 15 is 0 Å². The van der Waals surface area contributed by atoms with E-state index in [0.29, 0.717) is 12.5 Å². The van der Waals surface area contributed by atoms with Gasteiger partial charge in [-0.25, -0.2) is 4.99 Å². The molecule has 7 heteroatoms. The Morgan fingerprint density at radius 2 is 1.81 bits per heavy atom. The number of hydrogen-bond acceptors (Lipinski definition) is 3. The molecule has 1 aromatic carbocycles. The predicted molar refractivity (Wildman–Crippen MR) is 116 cm³/mol. The van der Waals surface area contributed by atoms with Crippen molar-refractivity contribution in [1.29, 1.82) is 0 Å². The molecular weight excluding hydrogens is 441 g/mol. The second kappa shape index (κ2) is 12.2. The number of nitrogens with zero attached hydrogens (tertiary/aromatic N) is 3. The molecule has 1 heterocycles. The Morgan fingerprint density at radius 3 is 2.46 bits per heavy atom. The first-order valence-electron chi connectivity index (χ1n) is 8.31. The zero-order chi connectivity index (χ0) is 17.9. The molecule has 1 aromatic heterocycles. The lowest BCUT2D eigenvalue weighted by molar-refractivity contribution is -0.127. The van der Waals surface area contributed by atoms with Crippen molar-refractivity contribution in [2.24, 2.45) is 4.99 Å². The average Bonchev–Trinajstić information content (AvgIpc) is 2.64. The number of carbonyl (C=O) groups is 1. The molecule has 0 bridgehead atoms. The molecule has 26 heavy (non-hydrogen) atoms. The van der Waals surface area contributed by atoms with Crippen LogP contribution < -0.4 is 10.6 Å². The first-order valence-corrected chi connectivity index (χ1v) is 8.31. The zero-order valence-corrected chi connectivity index (χ0v) is 17.5. The van der Waals surface area contributed by atoms with Gasteiger partial charge in [0.05, 0.1) is 18.8 Å². The number of pyridine rings is 1. The van der Waals surface area contributed by atoms with Gasteiger partial charge in [-0.15, -0.1) is 24.0 Å². The number of aliphatic imine (C=N–C) groups is 1. The van der Waals surface area contributed by atoms with Gasteiger partial charge in [-0.2, -0.15) is 0 Å². The third kappa shape index (κ3) is 8.28. The summed E-state index contributed by atoms with van der Waals surface area (Å²) in [7, 11) is 3.47. The molecule has 0 fully saturated rings. The molecule has 0 aliphatic rings. The van der Waals surface area contributed by atoms with Crippen LogP contribution in [0.25, 0.3) is 0 Å². The number of carbonyl (C=O) groups excluding carboxylic acids is 1. The van der Waals surface area contributed by atoms with Gasteiger partial charge < -0.3 is 15.5 Å². The van der Waals surface area contributed by atoms with Gasteiger partial charge in [0.25, 0.3) is 0 Å². The minimum atomic E-state index is -0.00426. The standard InChI is InChI=1S/C19H25N5O.HI/c1-24(2)18(25)15-23-19(22-14-17-10-6-7-12-20-17)21-13-11-16-8-4-3-5-9-16;/h3-10,12H,11,13-15H2,1-2H3,(H2,21,22,23);1H. The Labute approximate surface area is 172 Å². The molecule has 0 spiro atoms. The fourth-order valence-electron chi connectivity index (χ4n) is 2.11. The Hall–Kier alpha value is -2.16. The zero-order valence-electron chi connectivity index (χ0n) is 15.2. The van der Waals surface area contributed by atoms with Gasteiger partial charge in [0, 0.05) is 26.8 Å². The van der Waals surface area contributed by atoms with Gasteiger partial charge in [-0.05, 0) is 24.1 Å². The first kappa shape index (κ1) is 21.9. The summed E-state index contributed by atoms with van der Waals surface area (Å²) in [5.74, 6) is 0.604. The number of likely N-dealkylation sites (N-methyl/N-ethyl adjacent to an activating group) is 1. The fourth-order valence-corrected chi connectivity index (χ4v) is 2.11. The van der Waals surface area contributed by atoms with Crippen LogP contribution in [0.2, 0.25) is 0 Å². The highest BCUT2D eigenvalue weighted by Gasteiger charge is 2.06. The topological polar surface area (TPSA) is 69.6 Å². The van der Waals surface area contributed by atoms with Crippen LogP contribution in [0.15, 0.2) is 59.7 Å². The molecule has 6 nitrogen and oxygen atoms in total. The van der Waals surface area contributed by atoms with E-state index in [-0.39, 0.29) is 36.4 Å². The van der Waals surface area contributed by atoms with Crippen molar-refractivity contribution in [3.05, 3.63) is 66.0 Å². The summed E-state index contributed by atoms with van der Waals surface area (Å²) in [6, 6.07) is 16.0. The van der Waals surface area contributed by atoms with E-state index in [4.69, 9.17) is 0 Å². The second-order valence-corrected chi connectivity index (χ2v) is 5.79. The predicted octanol–water partition coefficient (Wildman–Crippen LogP) is 2.07. The number of halogens is 1. The van der Waals surface area contributed by atoms with Gasteiger partial charge in [0.1, 0.15) is 0 Å². The first-order chi connectivity index (χ1) is 12.1. The maximum Gasteiger partial charge on any atom is 0.241 e. The fraction of sp³-hybridized carbons (Fsp3) is 0.316. The minimum absolute atomic E-state index is 0. The van der Waals surface area contributed by atoms with E-state index in [9.17, 15) is 4.79 Å². The number of rotatable bonds is 7. The monoisotopic (exact) mass is 467 g/mol. The van der Waals surface area contributed by atoms with Crippen molar-refractivity contribution in [2.75, 3.05) is 27.2 Å². The molecule has 2 aromatic rings. The summed E-state index contributed by atoms with van der Waals surface area (Å²) in [6.45, 7) is 1.39. The van der Waals surface area contributed by atoms with Crippen molar-refractivity contribution in [3.63, 3.8) is 0 Å². The highest BCUT2D eigenvalue weighted by Crippen LogP contribution is 1.99. The Bertz CT molecular complexity index is 677. The number of benzene rings is 1. The molecular formula is C19H26IN5O. The summed E-state index contributed by atoms with van der Waals surface area (Å²) < 4.78 is 0. The molecule has 0 saturated carbocycles. The lowest BCUT2D eigenvalue weighted by atomic mass is 10.1. The van der Waals surface area contributed by atoms with Crippen LogP contribution in [0, 0.1) is 0 Å². The van der Waals surface area contributed by atoms with E-state index in [2.05, 4.69) is 32.7 Å². The van der Waals surface area contributed by atoms with Crippen LogP contribution in [0.1, 0.15) is 11.3 Å². The van der Waals surface area contributed by atoms with Gasteiger partial charge in [-0.1, -0.05) is 36.4 Å². The molecule has 0 radical (unpaired) electrons. The molecule has 2 N–H and O–H groups in total. The van der Waals surface area contributed by atoms with E-state index in [1.165, 1.54) is 5.56 Å². The summed E-state index contributed by atoms with van der Waals surface area (Å²) in [6.07, 6.45) is 2.63. The summed E-state index contributed by atoms with van der Waals surface area (Å²) >= 11 is 0. The van der Waals surface area contributed by atoms with E-state index in [0.717, 1.165) is 18.7 Å². The Balaban J connectivity index is 0.00000338. The third-order valence-electron chi connectivity index (χ3n) is 3.58. The highest BCUT2D eigenvalue weighted by atomic mass is 127. The summed E-state index contributed by atoms with van der Waals surface area (Å²) in [5.41, 5.74) is 2.13. The summed E-state index contributed by atoms with van der Waals surface area (Å²) in [5, 5.41) is 6.35. The van der Waals surface area contributed by atoms with Gasteiger partial charge in [0.2, 0.25) is 5.91 Å². The smallest absolute Gasteiger partial charge is 0.241 e. The van der Waals surface area contributed by atoms with Crippen LogP contribution in [-0.2, 0) is 17.8 Å². The molecule has 0 unspecified atom stereocenters. The normalized spacial score (nSPS) is 10.6. The molecule has 140 valence electrons. The number of hydrogen-bond donors (Lipinski definition) is 2. The molecule has 2 rings (SSSR count). The quantitative estimate of drug-likeness (QED) is 0.372. The molecule has 0 saturated heterocycles. The van der Waals surface area contributed by atoms with Gasteiger partial charge >= 0.3 is 0 Å². The van der Waals surface area contributed by atoms with Crippen molar-refractivity contribution in [2.45, 2.75) is 13.0 Å². The van der Waals surface area contributed by atoms with Crippen molar-refractivity contribution in [1.82, 2.24) is 20.5 Å². The second-order valence-electron chi connectivity index (χ2n) is 5.79. The van der Waals surface area contributed by atoms with E-state index in [1.807, 2.05) is 36.4 Å². The van der Waals surface area contributed by atoms with Crippen molar-refractivity contribution < 1.29 is 4.79 Å². The van der Waals surface area contributed by atoms with Crippen LogP contribution in [0.3, 0.4) is 0 Å². The number of amides is 1. The molecule has 0 aliphatic carbocycles. The Morgan fingerprint density at radius 1 is 1.08 bits per heavy atom. The van der Waals surface area contributed by atoms with Crippen LogP contribution in [-0.4, -0.2) is 48.9 Å². The lowest BCUT2D eigenvalue weighted by Gasteiger charge is -2.15. The number of nitrogens with one attached hydrogen (secondary N) is 2. The van der Waals surface area contributed by atoms with Gasteiger partial charge in [-0.3, -0.25) is 9.78 Å². The van der Waals surface area contributed by atoms with E-state index < -0.39 is 0 Å². The van der Waals surface area contributed by atoms with Crippen LogP contribution in [0.4, 0.5) is 0 Å². The minimum Gasteiger partial charge on any atom is -0.356 e. The number of aromatic nitrogens is 1.